The quantitative estimate of drug-likeness (QED) is 0.867. The average Bonchev–Trinajstić information content (AvgIpc) is 2.54. The molecule has 1 unspecified atom stereocenters. The molecule has 0 spiro atoms. The maximum atomic E-state index is 6.12. The van der Waals surface area contributed by atoms with E-state index in [-0.39, 0.29) is 0 Å². The third-order valence-corrected chi connectivity index (χ3v) is 4.47. The minimum atomic E-state index is 0.635. The predicted molar refractivity (Wildman–Crippen MR) is 85.2 cm³/mol. The normalized spacial score (nSPS) is 22.4. The molecule has 1 aliphatic rings. The first-order valence-electron chi connectivity index (χ1n) is 7.06. The van der Waals surface area contributed by atoms with Gasteiger partial charge in [0, 0.05) is 35.8 Å². The molecule has 0 aliphatic carbocycles. The summed E-state index contributed by atoms with van der Waals surface area (Å²) in [5.74, 6) is 0. The van der Waals surface area contributed by atoms with Crippen LogP contribution in [0.4, 0.5) is 5.69 Å². The van der Waals surface area contributed by atoms with Crippen LogP contribution in [-0.2, 0) is 6.54 Å². The Kier molecular flexibility index (Phi) is 5.25. The largest absolute Gasteiger partial charge is 0.398 e. The molecular weight excluding hydrogens is 302 g/mol. The van der Waals surface area contributed by atoms with Crippen molar-refractivity contribution in [2.75, 3.05) is 32.4 Å². The Hall–Kier alpha value is -0.580. The molecule has 3 nitrogen and oxygen atoms in total. The lowest BCUT2D eigenvalue weighted by Crippen LogP contribution is -2.39. The standard InChI is InChI=1S/C15H24BrN3/c1-3-14-11-18(2)7-4-8-19(14)10-12-5-6-13(16)9-15(12)17/h5-6,9,14H,3-4,7-8,10-11,17H2,1-2H3. The first-order valence-corrected chi connectivity index (χ1v) is 7.86. The van der Waals surface area contributed by atoms with Gasteiger partial charge in [-0.2, -0.15) is 0 Å². The van der Waals surface area contributed by atoms with Crippen molar-refractivity contribution >= 4 is 21.6 Å². The van der Waals surface area contributed by atoms with Gasteiger partial charge in [-0.15, -0.1) is 0 Å². The maximum absolute atomic E-state index is 6.12. The van der Waals surface area contributed by atoms with Crippen LogP contribution in [0, 0.1) is 0 Å². The molecule has 1 aromatic carbocycles. The van der Waals surface area contributed by atoms with E-state index in [1.807, 2.05) is 6.07 Å². The number of nitrogen functional groups attached to an aromatic ring is 1. The van der Waals surface area contributed by atoms with Crippen molar-refractivity contribution in [2.24, 2.45) is 0 Å². The van der Waals surface area contributed by atoms with Crippen LogP contribution in [0.1, 0.15) is 25.3 Å². The molecule has 1 saturated heterocycles. The maximum Gasteiger partial charge on any atom is 0.0371 e. The molecule has 0 saturated carbocycles. The highest BCUT2D eigenvalue weighted by Gasteiger charge is 2.22. The van der Waals surface area contributed by atoms with Gasteiger partial charge in [-0.1, -0.05) is 28.9 Å². The minimum absolute atomic E-state index is 0.635. The molecule has 2 N–H and O–H groups in total. The van der Waals surface area contributed by atoms with Crippen LogP contribution in [0.15, 0.2) is 22.7 Å². The summed E-state index contributed by atoms with van der Waals surface area (Å²) in [6.45, 7) is 6.77. The highest BCUT2D eigenvalue weighted by molar-refractivity contribution is 9.10. The second-order valence-corrected chi connectivity index (χ2v) is 6.41. The number of benzene rings is 1. The first-order chi connectivity index (χ1) is 9.10. The van der Waals surface area contributed by atoms with E-state index >= 15 is 0 Å². The molecule has 1 heterocycles. The molecule has 106 valence electrons. The van der Waals surface area contributed by atoms with Crippen molar-refractivity contribution in [3.05, 3.63) is 28.2 Å². The summed E-state index contributed by atoms with van der Waals surface area (Å²) in [6, 6.07) is 6.85. The highest BCUT2D eigenvalue weighted by atomic mass is 79.9. The number of halogens is 1. The summed E-state index contributed by atoms with van der Waals surface area (Å²) in [4.78, 5) is 5.03. The third kappa shape index (κ3) is 3.94. The monoisotopic (exact) mass is 325 g/mol. The number of nitrogens with zero attached hydrogens (tertiary/aromatic N) is 2. The molecule has 0 bridgehead atoms. The van der Waals surface area contributed by atoms with Gasteiger partial charge in [0.1, 0.15) is 0 Å². The van der Waals surface area contributed by atoms with Gasteiger partial charge in [0.25, 0.3) is 0 Å². The fourth-order valence-electron chi connectivity index (χ4n) is 2.82. The van der Waals surface area contributed by atoms with Gasteiger partial charge in [-0.3, -0.25) is 4.90 Å². The number of likely N-dealkylation sites (N-methyl/N-ethyl adjacent to an activating group) is 1. The van der Waals surface area contributed by atoms with Crippen molar-refractivity contribution in [2.45, 2.75) is 32.4 Å². The van der Waals surface area contributed by atoms with E-state index in [4.69, 9.17) is 5.73 Å². The Morgan fingerprint density at radius 3 is 2.84 bits per heavy atom. The van der Waals surface area contributed by atoms with Crippen LogP contribution in [0.5, 0.6) is 0 Å². The van der Waals surface area contributed by atoms with Crippen molar-refractivity contribution in [3.8, 4) is 0 Å². The predicted octanol–water partition coefficient (Wildman–Crippen LogP) is 2.95. The van der Waals surface area contributed by atoms with Crippen LogP contribution >= 0.6 is 15.9 Å². The number of hydrogen-bond donors (Lipinski definition) is 1. The van der Waals surface area contributed by atoms with Gasteiger partial charge in [0.2, 0.25) is 0 Å². The zero-order chi connectivity index (χ0) is 13.8. The Morgan fingerprint density at radius 2 is 2.16 bits per heavy atom. The van der Waals surface area contributed by atoms with Gasteiger partial charge in [-0.05, 0) is 44.1 Å². The number of hydrogen-bond acceptors (Lipinski definition) is 3. The van der Waals surface area contributed by atoms with Crippen LogP contribution in [0.3, 0.4) is 0 Å². The smallest absolute Gasteiger partial charge is 0.0371 e. The van der Waals surface area contributed by atoms with Crippen LogP contribution in [0.25, 0.3) is 0 Å². The van der Waals surface area contributed by atoms with Gasteiger partial charge in [-0.25, -0.2) is 0 Å². The Labute approximate surface area is 124 Å². The fourth-order valence-corrected chi connectivity index (χ4v) is 3.20. The second-order valence-electron chi connectivity index (χ2n) is 5.49. The van der Waals surface area contributed by atoms with Crippen LogP contribution in [0.2, 0.25) is 0 Å². The Morgan fingerprint density at radius 1 is 1.37 bits per heavy atom. The molecule has 1 aromatic rings. The van der Waals surface area contributed by atoms with Crippen LogP contribution < -0.4 is 5.73 Å². The summed E-state index contributed by atoms with van der Waals surface area (Å²) >= 11 is 3.47. The van der Waals surface area contributed by atoms with E-state index in [0.29, 0.717) is 6.04 Å². The SMILES string of the molecule is CCC1CN(C)CCCN1Cc1ccc(Br)cc1N. The van der Waals surface area contributed by atoms with Gasteiger partial charge < -0.3 is 10.6 Å². The van der Waals surface area contributed by atoms with Gasteiger partial charge >= 0.3 is 0 Å². The Bertz CT molecular complexity index is 422. The average molecular weight is 326 g/mol. The van der Waals surface area contributed by atoms with E-state index < -0.39 is 0 Å². The van der Waals surface area contributed by atoms with E-state index in [0.717, 1.165) is 23.2 Å². The summed E-state index contributed by atoms with van der Waals surface area (Å²) in [6.07, 6.45) is 2.43. The number of nitrogens with two attached hydrogens (primary N) is 1. The molecular formula is C15H24BrN3. The molecule has 1 aliphatic heterocycles. The second kappa shape index (κ2) is 6.73. The molecule has 0 aromatic heterocycles. The zero-order valence-corrected chi connectivity index (χ0v) is 13.5. The van der Waals surface area contributed by atoms with Gasteiger partial charge in [0.15, 0.2) is 0 Å². The van der Waals surface area contributed by atoms with Crippen molar-refractivity contribution in [3.63, 3.8) is 0 Å². The molecule has 1 atom stereocenters. The van der Waals surface area contributed by atoms with Gasteiger partial charge in [0.05, 0.1) is 0 Å². The fraction of sp³-hybridized carbons (Fsp3) is 0.600. The molecule has 0 radical (unpaired) electrons. The minimum Gasteiger partial charge on any atom is -0.398 e. The van der Waals surface area contributed by atoms with E-state index in [2.05, 4.69) is 51.8 Å². The topological polar surface area (TPSA) is 32.5 Å². The lowest BCUT2D eigenvalue weighted by Gasteiger charge is -2.30. The summed E-state index contributed by atoms with van der Waals surface area (Å²) in [7, 11) is 2.22. The molecule has 4 heteroatoms. The summed E-state index contributed by atoms with van der Waals surface area (Å²) in [5.41, 5.74) is 8.26. The zero-order valence-electron chi connectivity index (χ0n) is 11.9. The third-order valence-electron chi connectivity index (χ3n) is 3.98. The molecule has 1 fully saturated rings. The number of rotatable bonds is 3. The molecule has 2 rings (SSSR count). The van der Waals surface area contributed by atoms with Crippen molar-refractivity contribution in [1.82, 2.24) is 9.80 Å². The molecule has 0 amide bonds. The van der Waals surface area contributed by atoms with E-state index in [1.54, 1.807) is 0 Å². The molecule has 19 heavy (non-hydrogen) atoms. The van der Waals surface area contributed by atoms with Crippen LogP contribution in [-0.4, -0.2) is 42.5 Å². The number of anilines is 1. The van der Waals surface area contributed by atoms with Crippen molar-refractivity contribution < 1.29 is 0 Å². The first kappa shape index (κ1) is 14.8. The highest BCUT2D eigenvalue weighted by Crippen LogP contribution is 2.22. The summed E-state index contributed by atoms with van der Waals surface area (Å²) in [5, 5.41) is 0. The lowest BCUT2D eigenvalue weighted by molar-refractivity contribution is 0.176. The van der Waals surface area contributed by atoms with E-state index in [1.165, 1.54) is 31.5 Å². The Balaban J connectivity index is 2.11. The van der Waals surface area contributed by atoms with E-state index in [9.17, 15) is 0 Å². The van der Waals surface area contributed by atoms with Crippen molar-refractivity contribution in [1.29, 1.82) is 0 Å². The lowest BCUT2D eigenvalue weighted by atomic mass is 10.1. The summed E-state index contributed by atoms with van der Waals surface area (Å²) < 4.78 is 1.05.